The minimum Gasteiger partial charge on any atom is -0.341 e. The van der Waals surface area contributed by atoms with E-state index in [1.165, 1.54) is 0 Å². The Hall–Kier alpha value is -1.08. The summed E-state index contributed by atoms with van der Waals surface area (Å²) in [5, 5.41) is 11.9. The summed E-state index contributed by atoms with van der Waals surface area (Å²) in [6.07, 6.45) is 1.80. The molecule has 2 atom stereocenters. The summed E-state index contributed by atoms with van der Waals surface area (Å²) in [6.45, 7) is 3.18. The zero-order chi connectivity index (χ0) is 9.97. The number of nitriles is 1. The fourth-order valence-corrected chi connectivity index (χ4v) is 2.19. The molecule has 2 unspecified atom stereocenters. The smallest absolute Gasteiger partial charge is 0.227 e. The molecule has 0 aromatic carbocycles. The Balaban J connectivity index is 1.90. The van der Waals surface area contributed by atoms with Gasteiger partial charge in [-0.1, -0.05) is 0 Å². The van der Waals surface area contributed by atoms with Crippen molar-refractivity contribution in [2.24, 2.45) is 11.8 Å². The number of rotatable bonds is 1. The van der Waals surface area contributed by atoms with E-state index in [-0.39, 0.29) is 17.7 Å². The first kappa shape index (κ1) is 9.47. The van der Waals surface area contributed by atoms with Crippen LogP contribution in [0.4, 0.5) is 0 Å². The first-order valence-electron chi connectivity index (χ1n) is 5.20. The molecule has 2 rings (SSSR count). The van der Waals surface area contributed by atoms with Crippen molar-refractivity contribution >= 4 is 5.91 Å². The summed E-state index contributed by atoms with van der Waals surface area (Å²) in [5.41, 5.74) is 0. The van der Waals surface area contributed by atoms with Gasteiger partial charge in [0.2, 0.25) is 5.91 Å². The van der Waals surface area contributed by atoms with Gasteiger partial charge in [0.05, 0.1) is 17.9 Å². The minimum atomic E-state index is 0.0633. The third-order valence-corrected chi connectivity index (χ3v) is 3.09. The third kappa shape index (κ3) is 1.73. The molecule has 0 aromatic rings. The van der Waals surface area contributed by atoms with E-state index < -0.39 is 0 Å². The second-order valence-electron chi connectivity index (χ2n) is 4.09. The number of carbonyl (C=O) groups is 1. The lowest BCUT2D eigenvalue weighted by molar-refractivity contribution is -0.133. The molecular weight excluding hydrogens is 178 g/mol. The summed E-state index contributed by atoms with van der Waals surface area (Å²) < 4.78 is 0. The van der Waals surface area contributed by atoms with Gasteiger partial charge >= 0.3 is 0 Å². The highest BCUT2D eigenvalue weighted by Crippen LogP contribution is 2.19. The topological polar surface area (TPSA) is 56.1 Å². The Morgan fingerprint density at radius 3 is 2.93 bits per heavy atom. The zero-order valence-corrected chi connectivity index (χ0v) is 8.20. The normalized spacial score (nSPS) is 31.8. The molecule has 76 valence electrons. The van der Waals surface area contributed by atoms with Crippen LogP contribution in [0.2, 0.25) is 0 Å². The van der Waals surface area contributed by atoms with Gasteiger partial charge in [-0.15, -0.1) is 0 Å². The number of nitrogens with one attached hydrogen (secondary N) is 1. The van der Waals surface area contributed by atoms with Gasteiger partial charge in [-0.2, -0.15) is 5.26 Å². The number of likely N-dealkylation sites (tertiary alicyclic amines) is 1. The first-order chi connectivity index (χ1) is 6.81. The SMILES string of the molecule is N#CC1CCN(C(=O)C2CCNC2)C1. The van der Waals surface area contributed by atoms with Crippen molar-refractivity contribution in [3.8, 4) is 6.07 Å². The molecule has 0 spiro atoms. The first-order valence-corrected chi connectivity index (χ1v) is 5.20. The van der Waals surface area contributed by atoms with Gasteiger partial charge < -0.3 is 10.2 Å². The van der Waals surface area contributed by atoms with Crippen molar-refractivity contribution in [1.29, 1.82) is 5.26 Å². The predicted octanol–water partition coefficient (Wildman–Crippen LogP) is -0.0320. The second-order valence-corrected chi connectivity index (χ2v) is 4.09. The van der Waals surface area contributed by atoms with E-state index in [4.69, 9.17) is 5.26 Å². The van der Waals surface area contributed by atoms with Crippen LogP contribution in [-0.2, 0) is 4.79 Å². The lowest BCUT2D eigenvalue weighted by Crippen LogP contribution is -2.35. The maximum atomic E-state index is 11.9. The molecule has 0 aliphatic carbocycles. The standard InChI is InChI=1S/C10H15N3O/c11-5-8-2-4-13(7-8)10(14)9-1-3-12-6-9/h8-9,12H,1-4,6-7H2. The van der Waals surface area contributed by atoms with Crippen molar-refractivity contribution in [2.75, 3.05) is 26.2 Å². The quantitative estimate of drug-likeness (QED) is 0.636. The molecule has 0 radical (unpaired) electrons. The Morgan fingerprint density at radius 2 is 2.36 bits per heavy atom. The van der Waals surface area contributed by atoms with Crippen molar-refractivity contribution in [2.45, 2.75) is 12.8 Å². The van der Waals surface area contributed by atoms with Crippen molar-refractivity contribution < 1.29 is 4.79 Å². The van der Waals surface area contributed by atoms with Crippen LogP contribution in [0, 0.1) is 23.2 Å². The summed E-state index contributed by atoms with van der Waals surface area (Å²) in [5.74, 6) is 0.466. The van der Waals surface area contributed by atoms with E-state index in [1.54, 1.807) is 0 Å². The maximum Gasteiger partial charge on any atom is 0.227 e. The molecule has 14 heavy (non-hydrogen) atoms. The zero-order valence-electron chi connectivity index (χ0n) is 8.20. The van der Waals surface area contributed by atoms with E-state index in [0.717, 1.165) is 32.5 Å². The number of hydrogen-bond acceptors (Lipinski definition) is 3. The van der Waals surface area contributed by atoms with Crippen molar-refractivity contribution in [3.05, 3.63) is 0 Å². The van der Waals surface area contributed by atoms with Gasteiger partial charge in [0.25, 0.3) is 0 Å². The molecular formula is C10H15N3O. The maximum absolute atomic E-state index is 11.9. The largest absolute Gasteiger partial charge is 0.341 e. The molecule has 0 bridgehead atoms. The number of nitrogens with zero attached hydrogens (tertiary/aromatic N) is 2. The molecule has 2 fully saturated rings. The fraction of sp³-hybridized carbons (Fsp3) is 0.800. The molecule has 0 aromatic heterocycles. The number of carbonyl (C=O) groups excluding carboxylic acids is 1. The van der Waals surface area contributed by atoms with E-state index in [2.05, 4.69) is 11.4 Å². The van der Waals surface area contributed by atoms with Crippen LogP contribution in [0.25, 0.3) is 0 Å². The van der Waals surface area contributed by atoms with Gasteiger partial charge in [-0.25, -0.2) is 0 Å². The van der Waals surface area contributed by atoms with Crippen LogP contribution in [0.15, 0.2) is 0 Å². The number of amides is 1. The van der Waals surface area contributed by atoms with E-state index in [0.29, 0.717) is 6.54 Å². The van der Waals surface area contributed by atoms with Crippen LogP contribution < -0.4 is 5.32 Å². The van der Waals surface area contributed by atoms with E-state index >= 15 is 0 Å². The minimum absolute atomic E-state index is 0.0633. The van der Waals surface area contributed by atoms with Gasteiger partial charge in [0.15, 0.2) is 0 Å². The molecule has 2 heterocycles. The summed E-state index contributed by atoms with van der Waals surface area (Å²) in [6, 6.07) is 2.23. The second kappa shape index (κ2) is 3.97. The predicted molar refractivity (Wildman–Crippen MR) is 51.3 cm³/mol. The van der Waals surface area contributed by atoms with Gasteiger partial charge in [0.1, 0.15) is 0 Å². The highest BCUT2D eigenvalue weighted by atomic mass is 16.2. The molecule has 2 saturated heterocycles. The highest BCUT2D eigenvalue weighted by Gasteiger charge is 2.31. The van der Waals surface area contributed by atoms with Gasteiger partial charge in [-0.05, 0) is 19.4 Å². The molecule has 1 N–H and O–H groups in total. The van der Waals surface area contributed by atoms with Gasteiger partial charge in [0, 0.05) is 19.6 Å². The van der Waals surface area contributed by atoms with Gasteiger partial charge in [-0.3, -0.25) is 4.79 Å². The molecule has 1 amide bonds. The Morgan fingerprint density at radius 1 is 1.50 bits per heavy atom. The van der Waals surface area contributed by atoms with Crippen molar-refractivity contribution in [1.82, 2.24) is 10.2 Å². The molecule has 0 saturated carbocycles. The third-order valence-electron chi connectivity index (χ3n) is 3.09. The molecule has 2 aliphatic heterocycles. The summed E-state index contributed by atoms with van der Waals surface area (Å²) in [7, 11) is 0. The molecule has 4 nitrogen and oxygen atoms in total. The Bertz CT molecular complexity index is 265. The van der Waals surface area contributed by atoms with Crippen LogP contribution >= 0.6 is 0 Å². The van der Waals surface area contributed by atoms with Crippen LogP contribution in [0.5, 0.6) is 0 Å². The van der Waals surface area contributed by atoms with Crippen molar-refractivity contribution in [3.63, 3.8) is 0 Å². The molecule has 4 heteroatoms. The Kier molecular flexibility index (Phi) is 2.69. The number of hydrogen-bond donors (Lipinski definition) is 1. The van der Waals surface area contributed by atoms with Crippen LogP contribution in [0.3, 0.4) is 0 Å². The lowest BCUT2D eigenvalue weighted by atomic mass is 10.1. The average Bonchev–Trinajstić information content (AvgIpc) is 2.88. The van der Waals surface area contributed by atoms with E-state index in [1.807, 2.05) is 4.90 Å². The summed E-state index contributed by atoms with van der Waals surface area (Å²) >= 11 is 0. The monoisotopic (exact) mass is 193 g/mol. The van der Waals surface area contributed by atoms with E-state index in [9.17, 15) is 4.79 Å². The van der Waals surface area contributed by atoms with Crippen LogP contribution in [-0.4, -0.2) is 37.0 Å². The summed E-state index contributed by atoms with van der Waals surface area (Å²) in [4.78, 5) is 13.7. The fourth-order valence-electron chi connectivity index (χ4n) is 2.19. The average molecular weight is 193 g/mol. The lowest BCUT2D eigenvalue weighted by Gasteiger charge is -2.19. The van der Waals surface area contributed by atoms with Crippen LogP contribution in [0.1, 0.15) is 12.8 Å². The Labute approximate surface area is 83.9 Å². The highest BCUT2D eigenvalue weighted by molar-refractivity contribution is 5.79. The molecule has 2 aliphatic rings.